The van der Waals surface area contributed by atoms with Gasteiger partial charge in [-0.05, 0) is 20.4 Å². The fraction of sp³-hybridized carbons (Fsp3) is 0.900. The van der Waals surface area contributed by atoms with E-state index in [0.717, 1.165) is 19.4 Å². The number of carbonyl (C=O) groups is 1. The van der Waals surface area contributed by atoms with Gasteiger partial charge in [0.2, 0.25) is 0 Å². The summed E-state index contributed by atoms with van der Waals surface area (Å²) in [5.41, 5.74) is 5.44. The Morgan fingerprint density at radius 1 is 1.50 bits per heavy atom. The zero-order valence-corrected chi connectivity index (χ0v) is 9.45. The van der Waals surface area contributed by atoms with E-state index in [4.69, 9.17) is 10.5 Å². The molecule has 0 aliphatic carbocycles. The minimum atomic E-state index is -0.136. The molecule has 14 heavy (non-hydrogen) atoms. The van der Waals surface area contributed by atoms with Gasteiger partial charge < -0.3 is 10.5 Å². The highest BCUT2D eigenvalue weighted by atomic mass is 16.5. The lowest BCUT2D eigenvalue weighted by molar-refractivity contribution is -0.149. The maximum atomic E-state index is 11.5. The van der Waals surface area contributed by atoms with Gasteiger partial charge in [-0.25, -0.2) is 0 Å². The van der Waals surface area contributed by atoms with Crippen molar-refractivity contribution in [2.45, 2.75) is 32.7 Å². The first-order valence-electron chi connectivity index (χ1n) is 5.24. The predicted octanol–water partition coefficient (Wildman–Crippen LogP) is 0.609. The van der Waals surface area contributed by atoms with Crippen LogP contribution in [0.3, 0.4) is 0 Å². The Labute approximate surface area is 86.4 Å². The summed E-state index contributed by atoms with van der Waals surface area (Å²) < 4.78 is 5.00. The molecule has 0 aliphatic heterocycles. The quantitative estimate of drug-likeness (QED) is 0.614. The highest BCUT2D eigenvalue weighted by Crippen LogP contribution is 2.06. The van der Waals surface area contributed by atoms with Gasteiger partial charge in [-0.15, -0.1) is 0 Å². The van der Waals surface area contributed by atoms with Crippen molar-refractivity contribution >= 4 is 5.97 Å². The molecule has 0 fully saturated rings. The van der Waals surface area contributed by atoms with E-state index in [2.05, 4.69) is 6.92 Å². The van der Waals surface area contributed by atoms with Crippen LogP contribution in [0.4, 0.5) is 0 Å². The molecule has 0 aromatic rings. The second-order valence-corrected chi connectivity index (χ2v) is 3.33. The fourth-order valence-corrected chi connectivity index (χ4v) is 1.39. The number of nitrogens with zero attached hydrogens (tertiary/aromatic N) is 1. The third-order valence-corrected chi connectivity index (χ3v) is 2.13. The first-order valence-corrected chi connectivity index (χ1v) is 5.24. The predicted molar refractivity (Wildman–Crippen MR) is 57.0 cm³/mol. The van der Waals surface area contributed by atoms with E-state index in [9.17, 15) is 4.79 Å². The van der Waals surface area contributed by atoms with Gasteiger partial charge in [0.1, 0.15) is 6.04 Å². The zero-order chi connectivity index (χ0) is 11.0. The van der Waals surface area contributed by atoms with Crippen LogP contribution in [0.5, 0.6) is 0 Å². The number of nitrogens with two attached hydrogens (primary N) is 1. The Bertz CT molecular complexity index is 162. The van der Waals surface area contributed by atoms with Gasteiger partial charge >= 0.3 is 5.97 Å². The van der Waals surface area contributed by atoms with E-state index in [1.54, 1.807) is 0 Å². The number of hydrogen-bond donors (Lipinski definition) is 1. The van der Waals surface area contributed by atoms with Gasteiger partial charge in [0, 0.05) is 13.1 Å². The monoisotopic (exact) mass is 202 g/mol. The lowest BCUT2D eigenvalue weighted by atomic mass is 10.1. The topological polar surface area (TPSA) is 55.6 Å². The molecule has 0 spiro atoms. The van der Waals surface area contributed by atoms with Crippen LogP contribution in [-0.4, -0.2) is 43.7 Å². The molecule has 0 amide bonds. The van der Waals surface area contributed by atoms with Gasteiger partial charge in [-0.1, -0.05) is 13.3 Å². The molecule has 0 aromatic heterocycles. The third-order valence-electron chi connectivity index (χ3n) is 2.13. The first-order chi connectivity index (χ1) is 6.67. The lowest BCUT2D eigenvalue weighted by Gasteiger charge is -2.25. The van der Waals surface area contributed by atoms with Crippen molar-refractivity contribution < 1.29 is 9.53 Å². The normalized spacial score (nSPS) is 12.9. The average molecular weight is 202 g/mol. The summed E-state index contributed by atoms with van der Waals surface area (Å²) in [7, 11) is 1.91. The Balaban J connectivity index is 4.18. The van der Waals surface area contributed by atoms with Gasteiger partial charge in [0.05, 0.1) is 6.61 Å². The molecule has 0 heterocycles. The van der Waals surface area contributed by atoms with E-state index in [-0.39, 0.29) is 12.0 Å². The molecule has 0 saturated carbocycles. The van der Waals surface area contributed by atoms with Crippen molar-refractivity contribution in [1.29, 1.82) is 0 Å². The van der Waals surface area contributed by atoms with Gasteiger partial charge in [0.25, 0.3) is 0 Å². The third kappa shape index (κ3) is 4.58. The van der Waals surface area contributed by atoms with Crippen LogP contribution in [0.1, 0.15) is 26.7 Å². The highest BCUT2D eigenvalue weighted by Gasteiger charge is 2.22. The minimum Gasteiger partial charge on any atom is -0.465 e. The van der Waals surface area contributed by atoms with E-state index in [1.807, 2.05) is 18.9 Å². The maximum absolute atomic E-state index is 11.5. The molecular formula is C10H22N2O2. The molecule has 84 valence electrons. The smallest absolute Gasteiger partial charge is 0.323 e. The SMILES string of the molecule is CCCC(C(=O)OCC)N(C)CCN. The van der Waals surface area contributed by atoms with Crippen molar-refractivity contribution in [3.8, 4) is 0 Å². The van der Waals surface area contributed by atoms with Crippen LogP contribution in [0.15, 0.2) is 0 Å². The van der Waals surface area contributed by atoms with Gasteiger partial charge in [-0.3, -0.25) is 9.69 Å². The second kappa shape index (κ2) is 7.76. The van der Waals surface area contributed by atoms with Crippen molar-refractivity contribution in [2.24, 2.45) is 5.73 Å². The zero-order valence-electron chi connectivity index (χ0n) is 9.45. The summed E-state index contributed by atoms with van der Waals surface area (Å²) in [6.07, 6.45) is 1.80. The number of rotatable bonds is 7. The summed E-state index contributed by atoms with van der Waals surface area (Å²) in [5, 5.41) is 0. The Kier molecular flexibility index (Phi) is 7.42. The van der Waals surface area contributed by atoms with Gasteiger partial charge in [0.15, 0.2) is 0 Å². The summed E-state index contributed by atoms with van der Waals surface area (Å²) in [4.78, 5) is 13.5. The fourth-order valence-electron chi connectivity index (χ4n) is 1.39. The molecule has 4 heteroatoms. The standard InChI is InChI=1S/C10H22N2O2/c1-4-6-9(10(13)14-5-2)12(3)8-7-11/h9H,4-8,11H2,1-3H3. The van der Waals surface area contributed by atoms with Crippen LogP contribution >= 0.6 is 0 Å². The van der Waals surface area contributed by atoms with Crippen LogP contribution in [0.25, 0.3) is 0 Å². The van der Waals surface area contributed by atoms with Crippen LogP contribution in [-0.2, 0) is 9.53 Å². The Morgan fingerprint density at radius 3 is 2.57 bits per heavy atom. The molecule has 0 bridgehead atoms. The van der Waals surface area contributed by atoms with Crippen LogP contribution in [0.2, 0.25) is 0 Å². The summed E-state index contributed by atoms with van der Waals surface area (Å²) >= 11 is 0. The number of hydrogen-bond acceptors (Lipinski definition) is 4. The van der Waals surface area contributed by atoms with Crippen LogP contribution < -0.4 is 5.73 Å². The molecule has 1 atom stereocenters. The molecule has 4 nitrogen and oxygen atoms in total. The highest BCUT2D eigenvalue weighted by molar-refractivity contribution is 5.75. The van der Waals surface area contributed by atoms with E-state index >= 15 is 0 Å². The van der Waals surface area contributed by atoms with Crippen molar-refractivity contribution in [3.63, 3.8) is 0 Å². The second-order valence-electron chi connectivity index (χ2n) is 3.33. The van der Waals surface area contributed by atoms with Gasteiger partial charge in [-0.2, -0.15) is 0 Å². The van der Waals surface area contributed by atoms with E-state index in [1.165, 1.54) is 0 Å². The number of likely N-dealkylation sites (N-methyl/N-ethyl adjacent to an activating group) is 1. The molecule has 0 rings (SSSR count). The molecule has 0 radical (unpaired) electrons. The maximum Gasteiger partial charge on any atom is 0.323 e. The van der Waals surface area contributed by atoms with Crippen molar-refractivity contribution in [3.05, 3.63) is 0 Å². The summed E-state index contributed by atoms with van der Waals surface area (Å²) in [5.74, 6) is -0.134. The molecule has 2 N–H and O–H groups in total. The first kappa shape index (κ1) is 13.4. The number of esters is 1. The number of ether oxygens (including phenoxy) is 1. The van der Waals surface area contributed by atoms with E-state index in [0.29, 0.717) is 13.2 Å². The van der Waals surface area contributed by atoms with Crippen molar-refractivity contribution in [1.82, 2.24) is 4.90 Å². The van der Waals surface area contributed by atoms with E-state index < -0.39 is 0 Å². The van der Waals surface area contributed by atoms with Crippen molar-refractivity contribution in [2.75, 3.05) is 26.7 Å². The molecule has 0 aliphatic rings. The molecule has 1 unspecified atom stereocenters. The average Bonchev–Trinajstić information content (AvgIpc) is 2.14. The Morgan fingerprint density at radius 2 is 2.14 bits per heavy atom. The molecule has 0 saturated heterocycles. The molecular weight excluding hydrogens is 180 g/mol. The largest absolute Gasteiger partial charge is 0.465 e. The molecule has 0 aromatic carbocycles. The lowest BCUT2D eigenvalue weighted by Crippen LogP contribution is -2.42. The minimum absolute atomic E-state index is 0.134. The summed E-state index contributed by atoms with van der Waals surface area (Å²) in [6.45, 7) is 5.61. The Hall–Kier alpha value is -0.610. The number of carbonyl (C=O) groups excluding carboxylic acids is 1. The van der Waals surface area contributed by atoms with Crippen LogP contribution in [0, 0.1) is 0 Å². The summed E-state index contributed by atoms with van der Waals surface area (Å²) in [6, 6.07) is -0.136.